The third kappa shape index (κ3) is 6.06. The molecule has 35 heavy (non-hydrogen) atoms. The van der Waals surface area contributed by atoms with Crippen LogP contribution in [0, 0.1) is 17.2 Å². The highest BCUT2D eigenvalue weighted by atomic mass is 19.4. The Morgan fingerprint density at radius 1 is 1.23 bits per heavy atom. The maximum absolute atomic E-state index is 12.4. The predicted molar refractivity (Wildman–Crippen MR) is 120 cm³/mol. The minimum Gasteiger partial charge on any atom is -0.466 e. The van der Waals surface area contributed by atoms with Crippen molar-refractivity contribution in [1.82, 2.24) is 9.97 Å². The number of hydrogen-bond acceptors (Lipinski definition) is 7. The lowest BCUT2D eigenvalue weighted by Gasteiger charge is -2.11. The maximum Gasteiger partial charge on any atom is 0.573 e. The molecule has 3 aromatic rings. The number of esters is 1. The monoisotopic (exact) mass is 482 g/mol. The molecule has 0 amide bonds. The molecule has 1 aliphatic carbocycles. The van der Waals surface area contributed by atoms with Crippen LogP contribution in [0.3, 0.4) is 0 Å². The van der Waals surface area contributed by atoms with Gasteiger partial charge in [-0.05, 0) is 55.3 Å². The van der Waals surface area contributed by atoms with E-state index in [2.05, 4.69) is 26.1 Å². The predicted octanol–water partition coefficient (Wildman–Crippen LogP) is 5.19. The molecule has 2 atom stereocenters. The van der Waals surface area contributed by atoms with Crippen LogP contribution in [0.15, 0.2) is 54.7 Å². The second kappa shape index (κ2) is 10.0. The molecular weight excluding hydrogens is 461 g/mol. The van der Waals surface area contributed by atoms with E-state index in [1.165, 1.54) is 18.2 Å². The molecule has 10 heteroatoms. The number of pyridine rings is 2. The van der Waals surface area contributed by atoms with E-state index in [0.717, 1.165) is 5.56 Å². The topological polar surface area (TPSA) is 97.1 Å². The third-order valence-corrected chi connectivity index (χ3v) is 5.44. The number of benzene rings is 1. The molecule has 1 saturated carbocycles. The number of aromatic nitrogens is 2. The van der Waals surface area contributed by atoms with Gasteiger partial charge in [-0.1, -0.05) is 12.1 Å². The van der Waals surface area contributed by atoms with Crippen molar-refractivity contribution in [3.63, 3.8) is 0 Å². The van der Waals surface area contributed by atoms with E-state index in [1.54, 1.807) is 43.5 Å². The first-order valence-corrected chi connectivity index (χ1v) is 10.9. The summed E-state index contributed by atoms with van der Waals surface area (Å²) in [4.78, 5) is 21.0. The standard InChI is InChI=1S/C25H21F3N4O3/c1-2-34-24(33)20-11-19(20)23-16(12-29)6-8-21(32-23)17-7-9-22(31-14-17)30-13-15-4-3-5-18(10-15)35-25(26,27)28/h3-10,14,19-20H,2,11,13H2,1H3,(H,30,31)/t19-,20-/m0/s1. The van der Waals surface area contributed by atoms with Crippen LogP contribution in [-0.2, 0) is 16.1 Å². The second-order valence-electron chi connectivity index (χ2n) is 7.92. The summed E-state index contributed by atoms with van der Waals surface area (Å²) in [5, 5.41) is 12.5. The molecule has 2 aromatic heterocycles. The number of rotatable bonds is 8. The van der Waals surface area contributed by atoms with Crippen molar-refractivity contribution in [2.24, 2.45) is 5.92 Å². The molecule has 0 bridgehead atoms. The number of alkyl halides is 3. The highest BCUT2D eigenvalue weighted by molar-refractivity contribution is 5.77. The minimum atomic E-state index is -4.75. The van der Waals surface area contributed by atoms with Gasteiger partial charge in [0.05, 0.1) is 29.5 Å². The molecule has 0 spiro atoms. The van der Waals surface area contributed by atoms with E-state index in [-0.39, 0.29) is 30.1 Å². The van der Waals surface area contributed by atoms with Gasteiger partial charge in [-0.2, -0.15) is 5.26 Å². The quantitative estimate of drug-likeness (QED) is 0.441. The van der Waals surface area contributed by atoms with Crippen LogP contribution in [0.4, 0.5) is 19.0 Å². The molecule has 1 aromatic carbocycles. The van der Waals surface area contributed by atoms with Gasteiger partial charge in [0.25, 0.3) is 0 Å². The molecule has 1 fully saturated rings. The van der Waals surface area contributed by atoms with Crippen LogP contribution in [0.2, 0.25) is 0 Å². The molecule has 1 N–H and O–H groups in total. The van der Waals surface area contributed by atoms with Gasteiger partial charge in [-0.3, -0.25) is 9.78 Å². The lowest BCUT2D eigenvalue weighted by atomic mass is 10.1. The van der Waals surface area contributed by atoms with Crippen molar-refractivity contribution < 1.29 is 27.4 Å². The minimum absolute atomic E-state index is 0.144. The van der Waals surface area contributed by atoms with Crippen molar-refractivity contribution in [3.05, 3.63) is 71.5 Å². The smallest absolute Gasteiger partial charge is 0.466 e. The lowest BCUT2D eigenvalue weighted by molar-refractivity contribution is -0.274. The maximum atomic E-state index is 12.4. The molecule has 7 nitrogen and oxygen atoms in total. The molecular formula is C25H21F3N4O3. The Morgan fingerprint density at radius 2 is 2.06 bits per heavy atom. The zero-order valence-corrected chi connectivity index (χ0v) is 18.7. The van der Waals surface area contributed by atoms with Crippen molar-refractivity contribution in [1.29, 1.82) is 5.26 Å². The number of nitrogens with zero attached hydrogens (tertiary/aromatic N) is 3. The molecule has 4 rings (SSSR count). The SMILES string of the molecule is CCOC(=O)[C@H]1C[C@@H]1c1nc(-c2ccc(NCc3cccc(OC(F)(F)F)c3)nc2)ccc1C#N. The molecule has 1 aliphatic rings. The second-order valence-corrected chi connectivity index (χ2v) is 7.92. The van der Waals surface area contributed by atoms with Gasteiger partial charge < -0.3 is 14.8 Å². The van der Waals surface area contributed by atoms with Crippen molar-refractivity contribution in [2.75, 3.05) is 11.9 Å². The van der Waals surface area contributed by atoms with Gasteiger partial charge in [0.1, 0.15) is 17.6 Å². The normalized spacial score (nSPS) is 16.8. The van der Waals surface area contributed by atoms with Gasteiger partial charge in [0, 0.05) is 24.2 Å². The summed E-state index contributed by atoms with van der Waals surface area (Å²) in [6.45, 7) is 2.30. The van der Waals surface area contributed by atoms with Crippen LogP contribution >= 0.6 is 0 Å². The highest BCUT2D eigenvalue weighted by Crippen LogP contribution is 2.48. The average Bonchev–Trinajstić information content (AvgIpc) is 3.63. The Morgan fingerprint density at radius 3 is 2.74 bits per heavy atom. The first kappa shape index (κ1) is 24.0. The summed E-state index contributed by atoms with van der Waals surface area (Å²) in [7, 11) is 0. The number of anilines is 1. The van der Waals surface area contributed by atoms with Gasteiger partial charge in [-0.25, -0.2) is 4.98 Å². The van der Waals surface area contributed by atoms with Gasteiger partial charge in [-0.15, -0.1) is 13.2 Å². The van der Waals surface area contributed by atoms with Crippen molar-refractivity contribution in [3.8, 4) is 23.1 Å². The number of halogens is 3. The number of carbonyl (C=O) groups is 1. The summed E-state index contributed by atoms with van der Waals surface area (Å²) in [6.07, 6.45) is -2.54. The number of hydrogen-bond donors (Lipinski definition) is 1. The van der Waals surface area contributed by atoms with Crippen molar-refractivity contribution >= 4 is 11.8 Å². The van der Waals surface area contributed by atoms with E-state index < -0.39 is 6.36 Å². The summed E-state index contributed by atoms with van der Waals surface area (Å²) in [5.41, 5.74) is 2.93. The van der Waals surface area contributed by atoms with Crippen LogP contribution in [-0.4, -0.2) is 28.9 Å². The summed E-state index contributed by atoms with van der Waals surface area (Å²) in [5.74, 6) is -0.469. The van der Waals surface area contributed by atoms with E-state index >= 15 is 0 Å². The van der Waals surface area contributed by atoms with Crippen LogP contribution in [0.25, 0.3) is 11.3 Å². The summed E-state index contributed by atoms with van der Waals surface area (Å²) < 4.78 is 46.3. The van der Waals surface area contributed by atoms with Crippen LogP contribution in [0.5, 0.6) is 5.75 Å². The number of nitrogens with one attached hydrogen (secondary N) is 1. The largest absolute Gasteiger partial charge is 0.573 e. The summed E-state index contributed by atoms with van der Waals surface area (Å²) >= 11 is 0. The van der Waals surface area contributed by atoms with Crippen molar-refractivity contribution in [2.45, 2.75) is 32.2 Å². The van der Waals surface area contributed by atoms with Gasteiger partial charge in [0.2, 0.25) is 0 Å². The molecule has 0 unspecified atom stereocenters. The lowest BCUT2D eigenvalue weighted by Crippen LogP contribution is -2.17. The Kier molecular flexibility index (Phi) is 6.87. The number of nitriles is 1. The number of carbonyl (C=O) groups excluding carboxylic acids is 1. The van der Waals surface area contributed by atoms with Gasteiger partial charge >= 0.3 is 12.3 Å². The highest BCUT2D eigenvalue weighted by Gasteiger charge is 2.47. The Labute approximate surface area is 199 Å². The molecule has 180 valence electrons. The van der Waals surface area contributed by atoms with E-state index in [0.29, 0.717) is 41.4 Å². The Balaban J connectivity index is 1.43. The van der Waals surface area contributed by atoms with E-state index in [4.69, 9.17) is 4.74 Å². The van der Waals surface area contributed by atoms with Crippen LogP contribution < -0.4 is 10.1 Å². The zero-order chi connectivity index (χ0) is 25.0. The van der Waals surface area contributed by atoms with E-state index in [9.17, 15) is 23.2 Å². The average molecular weight is 482 g/mol. The Bertz CT molecular complexity index is 1260. The molecule has 0 radical (unpaired) electrons. The van der Waals surface area contributed by atoms with Crippen LogP contribution in [0.1, 0.15) is 36.1 Å². The fraction of sp³-hybridized carbons (Fsp3) is 0.280. The molecule has 0 aliphatic heterocycles. The van der Waals surface area contributed by atoms with Gasteiger partial charge in [0.15, 0.2) is 0 Å². The molecule has 0 saturated heterocycles. The summed E-state index contributed by atoms with van der Waals surface area (Å²) in [6, 6.07) is 14.8. The first-order chi connectivity index (χ1) is 16.8. The zero-order valence-electron chi connectivity index (χ0n) is 18.7. The number of ether oxygens (including phenoxy) is 2. The third-order valence-electron chi connectivity index (χ3n) is 5.44. The first-order valence-electron chi connectivity index (χ1n) is 10.9. The fourth-order valence-corrected chi connectivity index (χ4v) is 3.72. The molecule has 2 heterocycles. The fourth-order valence-electron chi connectivity index (χ4n) is 3.72. The van der Waals surface area contributed by atoms with E-state index in [1.807, 2.05) is 0 Å². The Hall–Kier alpha value is -4.13.